The maximum Gasteiger partial charge on any atom is 0.246 e. The van der Waals surface area contributed by atoms with Gasteiger partial charge in [-0.15, -0.1) is 22.7 Å². The summed E-state index contributed by atoms with van der Waals surface area (Å²) in [7, 11) is 0. The van der Waals surface area contributed by atoms with Crippen molar-refractivity contribution in [2.24, 2.45) is 5.92 Å². The Labute approximate surface area is 161 Å². The van der Waals surface area contributed by atoms with Crippen LogP contribution in [-0.4, -0.2) is 36.3 Å². The van der Waals surface area contributed by atoms with E-state index in [2.05, 4.69) is 5.32 Å². The van der Waals surface area contributed by atoms with Crippen LogP contribution in [0.3, 0.4) is 0 Å². The quantitative estimate of drug-likeness (QED) is 0.766. The molecule has 1 fully saturated rings. The predicted octanol–water partition coefficient (Wildman–Crippen LogP) is 3.89. The molecule has 1 N–H and O–H groups in total. The SMILES string of the molecule is O=C(C=Cc1cccs1)NCC1CCN(C(=O)C=Cc2cccs2)CC1. The molecule has 0 atom stereocenters. The molecule has 4 nitrogen and oxygen atoms in total. The number of likely N-dealkylation sites (tertiary alicyclic amines) is 1. The zero-order chi connectivity index (χ0) is 18.2. The van der Waals surface area contributed by atoms with Gasteiger partial charge >= 0.3 is 0 Å². The number of thiophene rings is 2. The van der Waals surface area contributed by atoms with E-state index >= 15 is 0 Å². The van der Waals surface area contributed by atoms with Crippen molar-refractivity contribution in [2.45, 2.75) is 12.8 Å². The number of carbonyl (C=O) groups excluding carboxylic acids is 2. The zero-order valence-corrected chi connectivity index (χ0v) is 16.1. The number of nitrogens with one attached hydrogen (secondary N) is 1. The van der Waals surface area contributed by atoms with E-state index in [1.54, 1.807) is 34.8 Å². The van der Waals surface area contributed by atoms with Crippen LogP contribution in [0.4, 0.5) is 0 Å². The zero-order valence-electron chi connectivity index (χ0n) is 14.5. The van der Waals surface area contributed by atoms with Gasteiger partial charge in [0.05, 0.1) is 0 Å². The van der Waals surface area contributed by atoms with E-state index in [9.17, 15) is 9.59 Å². The lowest BCUT2D eigenvalue weighted by molar-refractivity contribution is -0.127. The van der Waals surface area contributed by atoms with Crippen molar-refractivity contribution in [1.82, 2.24) is 10.2 Å². The first-order valence-electron chi connectivity index (χ1n) is 8.70. The minimum absolute atomic E-state index is 0.0595. The summed E-state index contributed by atoms with van der Waals surface area (Å²) in [5.74, 6) is 0.440. The minimum atomic E-state index is -0.0595. The Kier molecular flexibility index (Phi) is 6.80. The van der Waals surface area contributed by atoms with Crippen LogP contribution in [0.5, 0.6) is 0 Å². The molecule has 0 aromatic carbocycles. The average molecular weight is 387 g/mol. The van der Waals surface area contributed by atoms with Crippen molar-refractivity contribution in [3.05, 3.63) is 56.9 Å². The Hall–Kier alpha value is -2.18. The molecular formula is C20H22N2O2S2. The first kappa shape index (κ1) is 18.6. The fraction of sp³-hybridized carbons (Fsp3) is 0.300. The molecule has 0 radical (unpaired) electrons. The van der Waals surface area contributed by atoms with E-state index in [-0.39, 0.29) is 11.8 Å². The van der Waals surface area contributed by atoms with Gasteiger partial charge in [0.2, 0.25) is 11.8 Å². The molecule has 26 heavy (non-hydrogen) atoms. The summed E-state index contributed by atoms with van der Waals surface area (Å²) in [6.07, 6.45) is 8.80. The number of hydrogen-bond donors (Lipinski definition) is 1. The van der Waals surface area contributed by atoms with Crippen molar-refractivity contribution in [1.29, 1.82) is 0 Å². The molecule has 2 aromatic rings. The highest BCUT2D eigenvalue weighted by Crippen LogP contribution is 2.17. The smallest absolute Gasteiger partial charge is 0.246 e. The predicted molar refractivity (Wildman–Crippen MR) is 109 cm³/mol. The maximum atomic E-state index is 12.2. The third-order valence-corrected chi connectivity index (χ3v) is 6.04. The minimum Gasteiger partial charge on any atom is -0.352 e. The van der Waals surface area contributed by atoms with E-state index in [1.165, 1.54) is 0 Å². The Bertz CT molecular complexity index is 756. The van der Waals surface area contributed by atoms with Gasteiger partial charge in [0.1, 0.15) is 0 Å². The second-order valence-corrected chi connectivity index (χ2v) is 8.17. The average Bonchev–Trinajstić information content (AvgIpc) is 3.37. The molecule has 0 aliphatic carbocycles. The molecule has 0 spiro atoms. The van der Waals surface area contributed by atoms with Crippen molar-refractivity contribution >= 4 is 46.6 Å². The number of carbonyl (C=O) groups is 2. The lowest BCUT2D eigenvalue weighted by atomic mass is 9.96. The molecule has 0 unspecified atom stereocenters. The van der Waals surface area contributed by atoms with Gasteiger partial charge in [-0.1, -0.05) is 12.1 Å². The van der Waals surface area contributed by atoms with Gasteiger partial charge in [-0.2, -0.15) is 0 Å². The second kappa shape index (κ2) is 9.50. The van der Waals surface area contributed by atoms with Gasteiger partial charge in [-0.3, -0.25) is 9.59 Å². The second-order valence-electron chi connectivity index (χ2n) is 6.21. The molecule has 3 rings (SSSR count). The summed E-state index contributed by atoms with van der Waals surface area (Å²) in [6, 6.07) is 7.92. The highest BCUT2D eigenvalue weighted by Gasteiger charge is 2.21. The van der Waals surface area contributed by atoms with Crippen LogP contribution in [0.1, 0.15) is 22.6 Å². The van der Waals surface area contributed by atoms with Crippen LogP contribution in [0.2, 0.25) is 0 Å². The number of rotatable bonds is 6. The molecule has 3 heterocycles. The van der Waals surface area contributed by atoms with Gasteiger partial charge in [-0.25, -0.2) is 0 Å². The van der Waals surface area contributed by atoms with Crippen molar-refractivity contribution in [3.63, 3.8) is 0 Å². The third kappa shape index (κ3) is 5.68. The van der Waals surface area contributed by atoms with Crippen LogP contribution in [-0.2, 0) is 9.59 Å². The molecule has 2 amide bonds. The van der Waals surface area contributed by atoms with E-state index in [1.807, 2.05) is 52.1 Å². The third-order valence-electron chi connectivity index (χ3n) is 4.37. The fourth-order valence-electron chi connectivity index (χ4n) is 2.85. The summed E-state index contributed by atoms with van der Waals surface area (Å²) in [5.41, 5.74) is 0. The van der Waals surface area contributed by atoms with Crippen molar-refractivity contribution in [2.75, 3.05) is 19.6 Å². The van der Waals surface area contributed by atoms with Crippen molar-refractivity contribution in [3.8, 4) is 0 Å². The number of nitrogens with zero attached hydrogens (tertiary/aromatic N) is 1. The van der Waals surface area contributed by atoms with E-state index in [0.717, 1.165) is 35.7 Å². The molecule has 136 valence electrons. The highest BCUT2D eigenvalue weighted by molar-refractivity contribution is 7.11. The van der Waals surface area contributed by atoms with Gasteiger partial charge in [0, 0.05) is 41.5 Å². The van der Waals surface area contributed by atoms with Gasteiger partial charge in [0.15, 0.2) is 0 Å². The molecule has 1 saturated heterocycles. The summed E-state index contributed by atoms with van der Waals surface area (Å²) in [4.78, 5) is 28.2. The lowest BCUT2D eigenvalue weighted by Gasteiger charge is -2.31. The largest absolute Gasteiger partial charge is 0.352 e. The molecule has 6 heteroatoms. The molecule has 1 aliphatic heterocycles. The summed E-state index contributed by atoms with van der Waals surface area (Å²) < 4.78 is 0. The van der Waals surface area contributed by atoms with E-state index < -0.39 is 0 Å². The molecule has 2 aromatic heterocycles. The number of hydrogen-bond acceptors (Lipinski definition) is 4. The number of amides is 2. The van der Waals surface area contributed by atoms with Crippen LogP contribution in [0.25, 0.3) is 12.2 Å². The Morgan fingerprint density at radius 3 is 2.23 bits per heavy atom. The van der Waals surface area contributed by atoms with E-state index in [0.29, 0.717) is 12.5 Å². The summed E-state index contributed by atoms with van der Waals surface area (Å²) in [6.45, 7) is 2.17. The lowest BCUT2D eigenvalue weighted by Crippen LogP contribution is -2.40. The Morgan fingerprint density at radius 2 is 1.65 bits per heavy atom. The maximum absolute atomic E-state index is 12.2. The first-order valence-corrected chi connectivity index (χ1v) is 10.5. The molecule has 1 aliphatic rings. The molecule has 0 bridgehead atoms. The van der Waals surface area contributed by atoms with Gasteiger partial charge in [-0.05, 0) is 53.8 Å². The van der Waals surface area contributed by atoms with Crippen molar-refractivity contribution < 1.29 is 9.59 Å². The highest BCUT2D eigenvalue weighted by atomic mass is 32.1. The summed E-state index contributed by atoms with van der Waals surface area (Å²) >= 11 is 3.23. The Morgan fingerprint density at radius 1 is 1.04 bits per heavy atom. The normalized spacial score (nSPS) is 15.8. The van der Waals surface area contributed by atoms with Gasteiger partial charge < -0.3 is 10.2 Å². The number of piperidine rings is 1. The standard InChI is InChI=1S/C20H22N2O2S2/c23-19(7-5-17-3-1-13-25-17)21-15-16-9-11-22(12-10-16)20(24)8-6-18-4-2-14-26-18/h1-8,13-14,16H,9-12,15H2,(H,21,23). The Balaban J connectivity index is 1.37. The van der Waals surface area contributed by atoms with Gasteiger partial charge in [0.25, 0.3) is 0 Å². The first-order chi connectivity index (χ1) is 12.7. The van der Waals surface area contributed by atoms with Crippen LogP contribution < -0.4 is 5.32 Å². The fourth-order valence-corrected chi connectivity index (χ4v) is 4.09. The molecular weight excluding hydrogens is 364 g/mol. The summed E-state index contributed by atoms with van der Waals surface area (Å²) in [5, 5.41) is 6.95. The molecule has 0 saturated carbocycles. The van der Waals surface area contributed by atoms with Crippen LogP contribution >= 0.6 is 22.7 Å². The van der Waals surface area contributed by atoms with Crippen LogP contribution in [0.15, 0.2) is 47.2 Å². The van der Waals surface area contributed by atoms with Crippen LogP contribution in [0, 0.1) is 5.92 Å². The van der Waals surface area contributed by atoms with E-state index in [4.69, 9.17) is 0 Å². The monoisotopic (exact) mass is 386 g/mol. The topological polar surface area (TPSA) is 49.4 Å².